The van der Waals surface area contributed by atoms with Gasteiger partial charge >= 0.3 is 0 Å². The van der Waals surface area contributed by atoms with Gasteiger partial charge in [-0.05, 0) is 31.4 Å². The molecule has 0 unspecified atom stereocenters. The molecule has 1 aliphatic carbocycles. The Morgan fingerprint density at radius 3 is 2.75 bits per heavy atom. The van der Waals surface area contributed by atoms with Gasteiger partial charge in [0.2, 0.25) is 0 Å². The maximum Gasteiger partial charge on any atom is 0.0205 e. The highest BCUT2D eigenvalue weighted by molar-refractivity contribution is 5.18. The first-order valence-electron chi connectivity index (χ1n) is 6.04. The molecule has 0 heterocycles. The van der Waals surface area contributed by atoms with Crippen LogP contribution in [0.4, 0.5) is 0 Å². The first-order valence-corrected chi connectivity index (χ1v) is 6.04. The minimum Gasteiger partial charge on any atom is -0.312 e. The molecule has 1 aromatic rings. The summed E-state index contributed by atoms with van der Waals surface area (Å²) < 4.78 is 0. The molecular formula is C15H19N. The molecule has 0 atom stereocenters. The van der Waals surface area contributed by atoms with Gasteiger partial charge in [-0.25, -0.2) is 0 Å². The summed E-state index contributed by atoms with van der Waals surface area (Å²) in [6.07, 6.45) is 10.3. The molecule has 0 radical (unpaired) electrons. The number of allylic oxidation sites excluding steroid dienone is 3. The Morgan fingerprint density at radius 2 is 2.00 bits per heavy atom. The van der Waals surface area contributed by atoms with Crippen molar-refractivity contribution in [1.82, 2.24) is 5.32 Å². The molecule has 1 nitrogen and oxygen atoms in total. The summed E-state index contributed by atoms with van der Waals surface area (Å²) in [5, 5.41) is 3.48. The Hall–Kier alpha value is -1.34. The summed E-state index contributed by atoms with van der Waals surface area (Å²) in [4.78, 5) is 0. The number of nitrogens with one attached hydrogen (secondary N) is 1. The predicted molar refractivity (Wildman–Crippen MR) is 69.2 cm³/mol. The third-order valence-electron chi connectivity index (χ3n) is 2.89. The van der Waals surface area contributed by atoms with Crippen molar-refractivity contribution in [2.75, 3.05) is 6.54 Å². The molecule has 16 heavy (non-hydrogen) atoms. The third kappa shape index (κ3) is 3.67. The Labute approximate surface area is 97.9 Å². The highest BCUT2D eigenvalue weighted by atomic mass is 14.8. The van der Waals surface area contributed by atoms with Crippen LogP contribution in [0.5, 0.6) is 0 Å². The monoisotopic (exact) mass is 213 g/mol. The number of benzene rings is 1. The summed E-state index contributed by atoms with van der Waals surface area (Å²) in [6, 6.07) is 10.6. The first-order chi connectivity index (χ1) is 7.95. The lowest BCUT2D eigenvalue weighted by Crippen LogP contribution is -2.15. The van der Waals surface area contributed by atoms with Crippen molar-refractivity contribution in [2.24, 2.45) is 0 Å². The van der Waals surface area contributed by atoms with Crippen LogP contribution in [0.3, 0.4) is 0 Å². The molecule has 0 bridgehead atoms. The van der Waals surface area contributed by atoms with Crippen molar-refractivity contribution in [3.63, 3.8) is 0 Å². The summed E-state index contributed by atoms with van der Waals surface area (Å²) in [5.41, 5.74) is 2.93. The second kappa shape index (κ2) is 6.29. The van der Waals surface area contributed by atoms with Gasteiger partial charge < -0.3 is 5.32 Å². The zero-order chi connectivity index (χ0) is 11.1. The van der Waals surface area contributed by atoms with Gasteiger partial charge in [-0.15, -0.1) is 0 Å². The van der Waals surface area contributed by atoms with Crippen molar-refractivity contribution in [3.8, 4) is 0 Å². The quantitative estimate of drug-likeness (QED) is 0.739. The summed E-state index contributed by atoms with van der Waals surface area (Å²) in [5.74, 6) is 0. The lowest BCUT2D eigenvalue weighted by atomic mass is 10.0. The number of hydrogen-bond donors (Lipinski definition) is 1. The fourth-order valence-electron chi connectivity index (χ4n) is 1.94. The topological polar surface area (TPSA) is 12.0 Å². The molecular weight excluding hydrogens is 194 g/mol. The largest absolute Gasteiger partial charge is 0.312 e. The van der Waals surface area contributed by atoms with Gasteiger partial charge in [-0.3, -0.25) is 0 Å². The van der Waals surface area contributed by atoms with Crippen LogP contribution in [0.25, 0.3) is 0 Å². The van der Waals surface area contributed by atoms with E-state index in [0.717, 1.165) is 13.1 Å². The standard InChI is InChI=1S/C15H19N/c1-3-7-14(8-4-1)11-12-16-13-15-9-5-2-6-10-15/h1-3,5-7,9-10,16H,4,8,11-13H2. The van der Waals surface area contributed by atoms with E-state index in [1.165, 1.54) is 24.8 Å². The Bertz CT molecular complexity index is 362. The molecule has 0 aromatic heterocycles. The second-order valence-electron chi connectivity index (χ2n) is 4.20. The molecule has 0 amide bonds. The van der Waals surface area contributed by atoms with Crippen LogP contribution < -0.4 is 5.32 Å². The Morgan fingerprint density at radius 1 is 1.12 bits per heavy atom. The minimum atomic E-state index is 0.976. The van der Waals surface area contributed by atoms with Gasteiger partial charge in [0.15, 0.2) is 0 Å². The molecule has 0 spiro atoms. The molecule has 1 aromatic carbocycles. The molecule has 0 saturated heterocycles. The fraction of sp³-hybridized carbons (Fsp3) is 0.333. The van der Waals surface area contributed by atoms with Gasteiger partial charge in [-0.2, -0.15) is 0 Å². The van der Waals surface area contributed by atoms with Crippen LogP contribution in [0.15, 0.2) is 54.1 Å². The molecule has 2 rings (SSSR count). The average Bonchev–Trinajstić information content (AvgIpc) is 2.37. The zero-order valence-corrected chi connectivity index (χ0v) is 9.65. The van der Waals surface area contributed by atoms with Crippen molar-refractivity contribution in [2.45, 2.75) is 25.8 Å². The molecule has 84 valence electrons. The minimum absolute atomic E-state index is 0.976. The van der Waals surface area contributed by atoms with E-state index in [9.17, 15) is 0 Å². The molecule has 1 N–H and O–H groups in total. The van der Waals surface area contributed by atoms with E-state index in [-0.39, 0.29) is 0 Å². The molecule has 0 fully saturated rings. The molecule has 0 aliphatic heterocycles. The van der Waals surface area contributed by atoms with Gasteiger partial charge in [0.05, 0.1) is 0 Å². The zero-order valence-electron chi connectivity index (χ0n) is 9.65. The van der Waals surface area contributed by atoms with Crippen LogP contribution >= 0.6 is 0 Å². The Balaban J connectivity index is 1.65. The van der Waals surface area contributed by atoms with E-state index >= 15 is 0 Å². The van der Waals surface area contributed by atoms with E-state index < -0.39 is 0 Å². The predicted octanol–water partition coefficient (Wildman–Crippen LogP) is 3.44. The van der Waals surface area contributed by atoms with Crippen LogP contribution in [-0.4, -0.2) is 6.54 Å². The summed E-state index contributed by atoms with van der Waals surface area (Å²) in [7, 11) is 0. The van der Waals surface area contributed by atoms with Gasteiger partial charge in [0, 0.05) is 6.54 Å². The highest BCUT2D eigenvalue weighted by Gasteiger charge is 1.99. The Kier molecular flexibility index (Phi) is 4.38. The third-order valence-corrected chi connectivity index (χ3v) is 2.89. The van der Waals surface area contributed by atoms with E-state index in [1.54, 1.807) is 5.57 Å². The normalized spacial score (nSPS) is 14.9. The number of rotatable bonds is 5. The summed E-state index contributed by atoms with van der Waals surface area (Å²) in [6.45, 7) is 2.05. The maximum atomic E-state index is 3.48. The van der Waals surface area contributed by atoms with Gasteiger partial charge in [0.25, 0.3) is 0 Å². The molecule has 1 aliphatic rings. The second-order valence-corrected chi connectivity index (χ2v) is 4.20. The van der Waals surface area contributed by atoms with Crippen LogP contribution in [-0.2, 0) is 6.54 Å². The van der Waals surface area contributed by atoms with Crippen molar-refractivity contribution in [1.29, 1.82) is 0 Å². The van der Waals surface area contributed by atoms with Crippen LogP contribution in [0, 0.1) is 0 Å². The lowest BCUT2D eigenvalue weighted by molar-refractivity contribution is 0.671. The summed E-state index contributed by atoms with van der Waals surface area (Å²) >= 11 is 0. The van der Waals surface area contributed by atoms with E-state index in [2.05, 4.69) is 53.9 Å². The van der Waals surface area contributed by atoms with Crippen molar-refractivity contribution < 1.29 is 0 Å². The van der Waals surface area contributed by atoms with E-state index in [4.69, 9.17) is 0 Å². The highest BCUT2D eigenvalue weighted by Crippen LogP contribution is 2.14. The maximum absolute atomic E-state index is 3.48. The van der Waals surface area contributed by atoms with E-state index in [0.29, 0.717) is 0 Å². The average molecular weight is 213 g/mol. The lowest BCUT2D eigenvalue weighted by Gasteiger charge is -2.09. The van der Waals surface area contributed by atoms with Crippen molar-refractivity contribution >= 4 is 0 Å². The smallest absolute Gasteiger partial charge is 0.0205 e. The fourth-order valence-corrected chi connectivity index (χ4v) is 1.94. The first kappa shape index (κ1) is 11.2. The van der Waals surface area contributed by atoms with Gasteiger partial charge in [-0.1, -0.05) is 54.1 Å². The number of hydrogen-bond acceptors (Lipinski definition) is 1. The van der Waals surface area contributed by atoms with Crippen LogP contribution in [0.2, 0.25) is 0 Å². The SMILES string of the molecule is C1=CCCC(CCNCc2ccccc2)=C1. The van der Waals surface area contributed by atoms with Crippen LogP contribution in [0.1, 0.15) is 24.8 Å². The molecule has 1 heteroatoms. The molecule has 0 saturated carbocycles. The van der Waals surface area contributed by atoms with E-state index in [1.807, 2.05) is 0 Å². The van der Waals surface area contributed by atoms with Gasteiger partial charge in [0.1, 0.15) is 0 Å². The van der Waals surface area contributed by atoms with Crippen molar-refractivity contribution in [3.05, 3.63) is 59.7 Å².